The van der Waals surface area contributed by atoms with Crippen molar-refractivity contribution < 1.29 is 4.74 Å². The SMILES string of the molecule is Cc1cccc(=O)n1CCNC1CCOCC1. The van der Waals surface area contributed by atoms with Crippen LogP contribution in [0.1, 0.15) is 18.5 Å². The van der Waals surface area contributed by atoms with Crippen LogP contribution in [0.15, 0.2) is 23.0 Å². The van der Waals surface area contributed by atoms with Gasteiger partial charge < -0.3 is 14.6 Å². The molecule has 1 N–H and O–H groups in total. The zero-order chi connectivity index (χ0) is 12.1. The molecule has 0 bridgehead atoms. The standard InChI is InChI=1S/C13H20N2O2/c1-11-3-2-4-13(16)15(11)8-7-14-12-5-9-17-10-6-12/h2-4,12,14H,5-10H2,1H3. The molecule has 4 nitrogen and oxygen atoms in total. The van der Waals surface area contributed by atoms with Crippen molar-refractivity contribution in [2.24, 2.45) is 0 Å². The van der Waals surface area contributed by atoms with Crippen LogP contribution in [0, 0.1) is 6.92 Å². The second-order valence-corrected chi connectivity index (χ2v) is 4.50. The van der Waals surface area contributed by atoms with E-state index in [9.17, 15) is 4.79 Å². The molecule has 1 aliphatic rings. The van der Waals surface area contributed by atoms with Crippen LogP contribution in [-0.4, -0.2) is 30.4 Å². The molecule has 0 saturated carbocycles. The highest BCUT2D eigenvalue weighted by molar-refractivity contribution is 5.04. The summed E-state index contributed by atoms with van der Waals surface area (Å²) >= 11 is 0. The lowest BCUT2D eigenvalue weighted by Crippen LogP contribution is -2.37. The minimum absolute atomic E-state index is 0.0822. The van der Waals surface area contributed by atoms with Gasteiger partial charge in [0.2, 0.25) is 0 Å². The third kappa shape index (κ3) is 3.41. The van der Waals surface area contributed by atoms with Crippen LogP contribution in [0.3, 0.4) is 0 Å². The largest absolute Gasteiger partial charge is 0.381 e. The Morgan fingerprint density at radius 3 is 2.88 bits per heavy atom. The maximum atomic E-state index is 11.6. The van der Waals surface area contributed by atoms with Gasteiger partial charge in [0.25, 0.3) is 5.56 Å². The molecule has 1 aromatic rings. The van der Waals surface area contributed by atoms with Crippen LogP contribution in [-0.2, 0) is 11.3 Å². The number of rotatable bonds is 4. The fraction of sp³-hybridized carbons (Fsp3) is 0.615. The van der Waals surface area contributed by atoms with E-state index in [4.69, 9.17) is 4.74 Å². The molecule has 0 radical (unpaired) electrons. The average Bonchev–Trinajstić information content (AvgIpc) is 2.34. The molecule has 1 saturated heterocycles. The van der Waals surface area contributed by atoms with E-state index in [1.54, 1.807) is 12.1 Å². The van der Waals surface area contributed by atoms with Gasteiger partial charge in [-0.1, -0.05) is 6.07 Å². The van der Waals surface area contributed by atoms with Gasteiger partial charge in [0, 0.05) is 44.1 Å². The second-order valence-electron chi connectivity index (χ2n) is 4.50. The molecule has 0 amide bonds. The summed E-state index contributed by atoms with van der Waals surface area (Å²) < 4.78 is 7.12. The number of hydrogen-bond donors (Lipinski definition) is 1. The van der Waals surface area contributed by atoms with E-state index >= 15 is 0 Å². The highest BCUT2D eigenvalue weighted by Gasteiger charge is 2.12. The molecule has 0 aromatic carbocycles. The summed E-state index contributed by atoms with van der Waals surface area (Å²) in [6, 6.07) is 5.93. The average molecular weight is 236 g/mol. The van der Waals surface area contributed by atoms with Crippen molar-refractivity contribution in [3.63, 3.8) is 0 Å². The van der Waals surface area contributed by atoms with Gasteiger partial charge in [-0.15, -0.1) is 0 Å². The minimum Gasteiger partial charge on any atom is -0.381 e. The van der Waals surface area contributed by atoms with Crippen molar-refractivity contribution >= 4 is 0 Å². The van der Waals surface area contributed by atoms with E-state index in [1.165, 1.54) is 0 Å². The minimum atomic E-state index is 0.0822. The number of aromatic nitrogens is 1. The third-order valence-electron chi connectivity index (χ3n) is 3.26. The number of aryl methyl sites for hydroxylation is 1. The number of nitrogens with one attached hydrogen (secondary N) is 1. The second kappa shape index (κ2) is 5.98. The zero-order valence-electron chi connectivity index (χ0n) is 10.3. The van der Waals surface area contributed by atoms with Crippen molar-refractivity contribution in [1.82, 2.24) is 9.88 Å². The molecule has 4 heteroatoms. The summed E-state index contributed by atoms with van der Waals surface area (Å²) in [4.78, 5) is 11.6. The summed E-state index contributed by atoms with van der Waals surface area (Å²) in [6.07, 6.45) is 2.14. The van der Waals surface area contributed by atoms with E-state index in [0.717, 1.165) is 44.8 Å². The Bertz CT molecular complexity index is 408. The Kier molecular flexibility index (Phi) is 4.34. The zero-order valence-corrected chi connectivity index (χ0v) is 10.3. The van der Waals surface area contributed by atoms with Crippen molar-refractivity contribution in [2.75, 3.05) is 19.8 Å². The molecule has 94 valence electrons. The quantitative estimate of drug-likeness (QED) is 0.845. The van der Waals surface area contributed by atoms with Crippen LogP contribution in [0.25, 0.3) is 0 Å². The molecule has 0 unspecified atom stereocenters. The fourth-order valence-electron chi connectivity index (χ4n) is 2.19. The summed E-state index contributed by atoms with van der Waals surface area (Å²) in [5, 5.41) is 3.48. The molecule has 0 atom stereocenters. The van der Waals surface area contributed by atoms with Gasteiger partial charge in [-0.2, -0.15) is 0 Å². The van der Waals surface area contributed by atoms with E-state index in [1.807, 2.05) is 17.6 Å². The summed E-state index contributed by atoms with van der Waals surface area (Å²) in [6.45, 7) is 5.25. The van der Waals surface area contributed by atoms with Gasteiger partial charge >= 0.3 is 0 Å². The van der Waals surface area contributed by atoms with Gasteiger partial charge in [0.05, 0.1) is 0 Å². The molecule has 1 aromatic heterocycles. The van der Waals surface area contributed by atoms with E-state index in [-0.39, 0.29) is 5.56 Å². The number of nitrogens with zero attached hydrogens (tertiary/aromatic N) is 1. The topological polar surface area (TPSA) is 43.3 Å². The first-order valence-corrected chi connectivity index (χ1v) is 6.25. The van der Waals surface area contributed by atoms with Crippen molar-refractivity contribution in [3.05, 3.63) is 34.2 Å². The van der Waals surface area contributed by atoms with Gasteiger partial charge in [-0.3, -0.25) is 4.79 Å². The monoisotopic (exact) mass is 236 g/mol. The van der Waals surface area contributed by atoms with E-state index < -0.39 is 0 Å². The fourth-order valence-corrected chi connectivity index (χ4v) is 2.19. The van der Waals surface area contributed by atoms with Crippen LogP contribution in [0.5, 0.6) is 0 Å². The Morgan fingerprint density at radius 1 is 1.41 bits per heavy atom. The molecule has 2 heterocycles. The van der Waals surface area contributed by atoms with Crippen LogP contribution in [0.4, 0.5) is 0 Å². The highest BCUT2D eigenvalue weighted by atomic mass is 16.5. The highest BCUT2D eigenvalue weighted by Crippen LogP contribution is 2.05. The Morgan fingerprint density at radius 2 is 2.18 bits per heavy atom. The normalized spacial score (nSPS) is 17.2. The van der Waals surface area contributed by atoms with Gasteiger partial charge in [0.15, 0.2) is 0 Å². The summed E-state index contributed by atoms with van der Waals surface area (Å²) in [7, 11) is 0. The lowest BCUT2D eigenvalue weighted by Gasteiger charge is -2.23. The number of ether oxygens (including phenoxy) is 1. The Balaban J connectivity index is 1.83. The molecular weight excluding hydrogens is 216 g/mol. The predicted molar refractivity (Wildman–Crippen MR) is 67.3 cm³/mol. The van der Waals surface area contributed by atoms with Gasteiger partial charge in [-0.25, -0.2) is 0 Å². The molecule has 17 heavy (non-hydrogen) atoms. The van der Waals surface area contributed by atoms with E-state index in [0.29, 0.717) is 6.04 Å². The Hall–Kier alpha value is -1.13. The smallest absolute Gasteiger partial charge is 0.250 e. The molecule has 0 spiro atoms. The molecule has 2 rings (SSSR count). The number of pyridine rings is 1. The first-order chi connectivity index (χ1) is 8.27. The lowest BCUT2D eigenvalue weighted by atomic mass is 10.1. The van der Waals surface area contributed by atoms with E-state index in [2.05, 4.69) is 5.32 Å². The maximum absolute atomic E-state index is 11.6. The summed E-state index contributed by atoms with van der Waals surface area (Å²) in [5.74, 6) is 0. The van der Waals surface area contributed by atoms with Crippen molar-refractivity contribution in [2.45, 2.75) is 32.4 Å². The van der Waals surface area contributed by atoms with Gasteiger partial charge in [-0.05, 0) is 25.8 Å². The first kappa shape index (κ1) is 12.3. The molecule has 0 aliphatic carbocycles. The first-order valence-electron chi connectivity index (χ1n) is 6.25. The lowest BCUT2D eigenvalue weighted by molar-refractivity contribution is 0.0778. The van der Waals surface area contributed by atoms with Crippen molar-refractivity contribution in [1.29, 1.82) is 0 Å². The van der Waals surface area contributed by atoms with Crippen LogP contribution < -0.4 is 10.9 Å². The molecule has 1 aliphatic heterocycles. The predicted octanol–water partition coefficient (Wildman–Crippen LogP) is 0.925. The molecule has 1 fully saturated rings. The maximum Gasteiger partial charge on any atom is 0.250 e. The third-order valence-corrected chi connectivity index (χ3v) is 3.26. The molecular formula is C13H20N2O2. The Labute approximate surface area is 102 Å². The van der Waals surface area contributed by atoms with Crippen LogP contribution in [0.2, 0.25) is 0 Å². The number of hydrogen-bond acceptors (Lipinski definition) is 3. The van der Waals surface area contributed by atoms with Crippen LogP contribution >= 0.6 is 0 Å². The summed E-state index contributed by atoms with van der Waals surface area (Å²) in [5.41, 5.74) is 1.10. The van der Waals surface area contributed by atoms with Crippen molar-refractivity contribution in [3.8, 4) is 0 Å². The van der Waals surface area contributed by atoms with Gasteiger partial charge in [0.1, 0.15) is 0 Å².